The molecule has 1 atom stereocenters. The lowest BCUT2D eigenvalue weighted by molar-refractivity contribution is 0.0709. The van der Waals surface area contributed by atoms with Gasteiger partial charge in [0.1, 0.15) is 0 Å². The molecule has 0 aliphatic carbocycles. The number of unbranched alkanes of at least 4 members (excludes halogenated alkanes) is 2. The number of H-pyrrole nitrogens is 1. The van der Waals surface area contributed by atoms with E-state index >= 15 is 0 Å². The Morgan fingerprint density at radius 1 is 1.17 bits per heavy atom. The molecule has 3 aromatic rings. The van der Waals surface area contributed by atoms with Crippen molar-refractivity contribution in [1.29, 1.82) is 0 Å². The zero-order valence-electron chi connectivity index (χ0n) is 21.7. The number of aromatic nitrogens is 2. The van der Waals surface area contributed by atoms with E-state index in [-0.39, 0.29) is 18.5 Å². The van der Waals surface area contributed by atoms with Gasteiger partial charge in [0.05, 0.1) is 17.3 Å². The normalized spacial score (nSPS) is 15.4. The third-order valence-corrected chi connectivity index (χ3v) is 7.21. The number of halogens is 1. The molecule has 8 heteroatoms. The molecule has 0 bridgehead atoms. The molecule has 1 saturated heterocycles. The van der Waals surface area contributed by atoms with E-state index in [2.05, 4.69) is 53.3 Å². The van der Waals surface area contributed by atoms with Gasteiger partial charge >= 0.3 is 0 Å². The fourth-order valence-corrected chi connectivity index (χ4v) is 4.93. The molecule has 0 spiro atoms. The highest BCUT2D eigenvalue weighted by atomic mass is 35.5. The maximum absolute atomic E-state index is 6.16. The molecule has 36 heavy (non-hydrogen) atoms. The lowest BCUT2D eigenvalue weighted by atomic mass is 9.91. The van der Waals surface area contributed by atoms with Crippen LogP contribution < -0.4 is 10.4 Å². The van der Waals surface area contributed by atoms with Crippen molar-refractivity contribution in [3.05, 3.63) is 54.2 Å². The third kappa shape index (κ3) is 7.19. The van der Waals surface area contributed by atoms with Crippen LogP contribution in [0.4, 0.5) is 11.4 Å². The molecule has 1 fully saturated rings. The molecule has 4 rings (SSSR count). The number of fused-ring (bicyclic) bond motifs is 1. The summed E-state index contributed by atoms with van der Waals surface area (Å²) in [5.41, 5.74) is 4.09. The quantitative estimate of drug-likeness (QED) is 0.163. The highest BCUT2D eigenvalue weighted by Crippen LogP contribution is 2.33. The van der Waals surface area contributed by atoms with E-state index in [4.69, 9.17) is 17.1 Å². The average molecular weight is 530 g/mol. The van der Waals surface area contributed by atoms with Crippen LogP contribution in [-0.4, -0.2) is 45.9 Å². The number of thiocarbonyl (C=S) groups is 1. The van der Waals surface area contributed by atoms with Gasteiger partial charge in [-0.15, -0.1) is 12.4 Å². The number of rotatable bonds is 10. The maximum Gasteiger partial charge on any atom is 0.202 e. The van der Waals surface area contributed by atoms with E-state index in [1.54, 1.807) is 5.06 Å². The first-order valence-electron chi connectivity index (χ1n) is 13.1. The van der Waals surface area contributed by atoms with Gasteiger partial charge in [0, 0.05) is 22.7 Å². The van der Waals surface area contributed by atoms with Gasteiger partial charge in [-0.05, 0) is 94.8 Å². The molecule has 2 aromatic carbocycles. The summed E-state index contributed by atoms with van der Waals surface area (Å²) in [6.07, 6.45) is 7.20. The Morgan fingerprint density at radius 2 is 1.92 bits per heavy atom. The van der Waals surface area contributed by atoms with Gasteiger partial charge < -0.3 is 10.2 Å². The Morgan fingerprint density at radius 3 is 2.61 bits per heavy atom. The SMILES string of the molecule is CCCCCN1CCC(c2[nH]nc3ccc(NC(=S)N(OC(C)CC)c4ccccc4)cc23)CC1.Cl. The molecule has 2 N–H and O–H groups in total. The first kappa shape index (κ1) is 28.4. The molecule has 1 aliphatic heterocycles. The van der Waals surface area contributed by atoms with Crippen molar-refractivity contribution in [1.82, 2.24) is 15.1 Å². The van der Waals surface area contributed by atoms with Gasteiger partial charge in [0.15, 0.2) is 0 Å². The van der Waals surface area contributed by atoms with Crippen LogP contribution >= 0.6 is 24.6 Å². The van der Waals surface area contributed by atoms with Crippen molar-refractivity contribution in [2.24, 2.45) is 0 Å². The number of piperidine rings is 1. The Labute approximate surface area is 227 Å². The van der Waals surface area contributed by atoms with Gasteiger partial charge in [-0.1, -0.05) is 44.9 Å². The molecular weight excluding hydrogens is 490 g/mol. The van der Waals surface area contributed by atoms with E-state index in [1.165, 1.54) is 49.7 Å². The number of hydroxylamine groups is 1. The highest BCUT2D eigenvalue weighted by Gasteiger charge is 2.24. The van der Waals surface area contributed by atoms with Crippen molar-refractivity contribution in [2.45, 2.75) is 71.3 Å². The first-order chi connectivity index (χ1) is 17.1. The zero-order valence-corrected chi connectivity index (χ0v) is 23.3. The van der Waals surface area contributed by atoms with Crippen LogP contribution in [0.15, 0.2) is 48.5 Å². The van der Waals surface area contributed by atoms with Crippen molar-refractivity contribution in [2.75, 3.05) is 30.0 Å². The molecule has 2 heterocycles. The summed E-state index contributed by atoms with van der Waals surface area (Å²) in [4.78, 5) is 8.78. The van der Waals surface area contributed by atoms with Crippen LogP contribution in [0.5, 0.6) is 0 Å². The minimum Gasteiger partial charge on any atom is -0.331 e. The van der Waals surface area contributed by atoms with Crippen molar-refractivity contribution >= 4 is 52.0 Å². The summed E-state index contributed by atoms with van der Waals surface area (Å²) in [7, 11) is 0. The van der Waals surface area contributed by atoms with Crippen molar-refractivity contribution < 1.29 is 4.84 Å². The molecular formula is C28H40ClN5OS. The van der Waals surface area contributed by atoms with Crippen LogP contribution in [-0.2, 0) is 4.84 Å². The summed E-state index contributed by atoms with van der Waals surface area (Å²) < 4.78 is 0. The number of hydrogen-bond donors (Lipinski definition) is 2. The second-order valence-corrected chi connectivity index (χ2v) is 9.96. The Bertz CT molecular complexity index is 1080. The molecule has 196 valence electrons. The second-order valence-electron chi connectivity index (χ2n) is 9.58. The number of hydrogen-bond acceptors (Lipinski definition) is 4. The Balaban J connectivity index is 0.00000361. The van der Waals surface area contributed by atoms with Gasteiger partial charge in [0.2, 0.25) is 5.11 Å². The van der Waals surface area contributed by atoms with Crippen LogP contribution in [0.3, 0.4) is 0 Å². The molecule has 0 saturated carbocycles. The van der Waals surface area contributed by atoms with E-state index in [9.17, 15) is 0 Å². The van der Waals surface area contributed by atoms with Crippen LogP contribution in [0.1, 0.15) is 70.9 Å². The molecule has 1 unspecified atom stereocenters. The minimum atomic E-state index is 0. The average Bonchev–Trinajstić information content (AvgIpc) is 3.31. The fourth-order valence-electron chi connectivity index (χ4n) is 4.67. The molecule has 1 aliphatic rings. The topological polar surface area (TPSA) is 56.4 Å². The van der Waals surface area contributed by atoms with Crippen molar-refractivity contribution in [3.8, 4) is 0 Å². The van der Waals surface area contributed by atoms with Crippen molar-refractivity contribution in [3.63, 3.8) is 0 Å². The predicted octanol–water partition coefficient (Wildman–Crippen LogP) is 7.29. The van der Waals surface area contributed by atoms with E-state index < -0.39 is 0 Å². The number of aromatic amines is 1. The van der Waals surface area contributed by atoms with Crippen LogP contribution in [0.2, 0.25) is 0 Å². The van der Waals surface area contributed by atoms with Gasteiger partial charge in [-0.2, -0.15) is 10.2 Å². The van der Waals surface area contributed by atoms with E-state index in [1.807, 2.05) is 36.4 Å². The zero-order chi connectivity index (χ0) is 24.6. The molecule has 0 amide bonds. The second kappa shape index (κ2) is 13.9. The van der Waals surface area contributed by atoms with E-state index in [0.29, 0.717) is 11.0 Å². The summed E-state index contributed by atoms with van der Waals surface area (Å²) in [6, 6.07) is 16.2. The van der Waals surface area contributed by atoms with Gasteiger partial charge in [-0.25, -0.2) is 0 Å². The summed E-state index contributed by atoms with van der Waals surface area (Å²) >= 11 is 5.78. The van der Waals surface area contributed by atoms with Crippen LogP contribution in [0.25, 0.3) is 10.9 Å². The summed E-state index contributed by atoms with van der Waals surface area (Å²) in [6.45, 7) is 9.98. The standard InChI is InChI=1S/C28H39N5OS.ClH/c1-4-6-10-17-32-18-15-22(16-19-32)27-25-20-23(13-14-26(25)30-31-27)29-28(35)33(34-21(3)5-2)24-11-8-7-9-12-24;/h7-9,11-14,20-22H,4-6,10,15-19H2,1-3H3,(H,29,35)(H,30,31);1H. The lowest BCUT2D eigenvalue weighted by Crippen LogP contribution is -2.37. The molecule has 6 nitrogen and oxygen atoms in total. The largest absolute Gasteiger partial charge is 0.331 e. The number of likely N-dealkylation sites (tertiary alicyclic amines) is 1. The van der Waals surface area contributed by atoms with Gasteiger partial charge in [0.25, 0.3) is 0 Å². The monoisotopic (exact) mass is 529 g/mol. The number of nitrogens with zero attached hydrogens (tertiary/aromatic N) is 3. The highest BCUT2D eigenvalue weighted by molar-refractivity contribution is 7.80. The number of anilines is 2. The Hall–Kier alpha value is -2.19. The number of para-hydroxylation sites is 1. The first-order valence-corrected chi connectivity index (χ1v) is 13.5. The number of nitrogens with one attached hydrogen (secondary N) is 2. The lowest BCUT2D eigenvalue weighted by Gasteiger charge is -2.31. The third-order valence-electron chi connectivity index (χ3n) is 6.94. The molecule has 0 radical (unpaired) electrons. The smallest absolute Gasteiger partial charge is 0.202 e. The van der Waals surface area contributed by atoms with Crippen LogP contribution in [0, 0.1) is 0 Å². The molecule has 1 aromatic heterocycles. The van der Waals surface area contributed by atoms with E-state index in [0.717, 1.165) is 36.4 Å². The fraction of sp³-hybridized carbons (Fsp3) is 0.500. The Kier molecular flexibility index (Phi) is 11.0. The minimum absolute atomic E-state index is 0. The summed E-state index contributed by atoms with van der Waals surface area (Å²) in [5.74, 6) is 0.513. The van der Waals surface area contributed by atoms with Gasteiger partial charge in [-0.3, -0.25) is 9.94 Å². The predicted molar refractivity (Wildman–Crippen MR) is 157 cm³/mol. The summed E-state index contributed by atoms with van der Waals surface area (Å²) in [5, 5.41) is 14.8. The number of benzene rings is 2. The maximum atomic E-state index is 6.16.